The maximum absolute atomic E-state index is 10.5. The van der Waals surface area contributed by atoms with Crippen LogP contribution in [0, 0.1) is 5.92 Å². The number of carboxylic acid groups (broad SMARTS) is 1. The molecule has 76 valence electrons. The van der Waals surface area contributed by atoms with Crippen molar-refractivity contribution in [3.63, 3.8) is 0 Å². The van der Waals surface area contributed by atoms with Crippen molar-refractivity contribution >= 4 is 5.97 Å². The summed E-state index contributed by atoms with van der Waals surface area (Å²) >= 11 is 0. The highest BCUT2D eigenvalue weighted by atomic mass is 16.5. The van der Waals surface area contributed by atoms with Crippen molar-refractivity contribution in [2.45, 2.75) is 38.4 Å². The standard InChI is InChI=1S/C9H17NO3/c1-6(9(11)12)13-8-4-2-3-7(8)5-10/h6-8H,2-5,10H2,1H3,(H,11,12). The summed E-state index contributed by atoms with van der Waals surface area (Å²) in [5, 5.41) is 8.65. The van der Waals surface area contributed by atoms with Crippen molar-refractivity contribution in [1.82, 2.24) is 0 Å². The number of ether oxygens (including phenoxy) is 1. The van der Waals surface area contributed by atoms with Gasteiger partial charge in [0, 0.05) is 0 Å². The minimum Gasteiger partial charge on any atom is -0.479 e. The summed E-state index contributed by atoms with van der Waals surface area (Å²) in [6, 6.07) is 0. The van der Waals surface area contributed by atoms with E-state index in [4.69, 9.17) is 15.6 Å². The van der Waals surface area contributed by atoms with E-state index >= 15 is 0 Å². The monoisotopic (exact) mass is 187 g/mol. The Hall–Kier alpha value is -0.610. The minimum atomic E-state index is -0.900. The first-order chi connectivity index (χ1) is 6.15. The van der Waals surface area contributed by atoms with Gasteiger partial charge in [0.05, 0.1) is 6.10 Å². The number of hydrogen-bond donors (Lipinski definition) is 2. The number of rotatable bonds is 4. The molecule has 0 aromatic heterocycles. The van der Waals surface area contributed by atoms with Crippen LogP contribution in [0.1, 0.15) is 26.2 Å². The van der Waals surface area contributed by atoms with E-state index in [-0.39, 0.29) is 6.10 Å². The predicted octanol–water partition coefficient (Wildman–Crippen LogP) is 0.603. The molecule has 13 heavy (non-hydrogen) atoms. The number of carbonyl (C=O) groups is 1. The molecule has 0 radical (unpaired) electrons. The Bertz CT molecular complexity index is 184. The molecule has 1 aliphatic rings. The summed E-state index contributed by atoms with van der Waals surface area (Å²) in [4.78, 5) is 10.5. The molecule has 4 nitrogen and oxygen atoms in total. The first-order valence-corrected chi connectivity index (χ1v) is 4.73. The molecule has 3 unspecified atom stereocenters. The van der Waals surface area contributed by atoms with Gasteiger partial charge in [0.15, 0.2) is 6.10 Å². The molecule has 0 amide bonds. The van der Waals surface area contributed by atoms with Crippen molar-refractivity contribution in [3.05, 3.63) is 0 Å². The Balaban J connectivity index is 2.39. The molecule has 1 fully saturated rings. The topological polar surface area (TPSA) is 72.5 Å². The molecule has 0 bridgehead atoms. The van der Waals surface area contributed by atoms with Crippen LogP contribution in [0.15, 0.2) is 0 Å². The maximum atomic E-state index is 10.5. The molecule has 3 atom stereocenters. The number of hydrogen-bond acceptors (Lipinski definition) is 3. The average molecular weight is 187 g/mol. The maximum Gasteiger partial charge on any atom is 0.332 e. The summed E-state index contributed by atoms with van der Waals surface area (Å²) < 4.78 is 5.40. The molecule has 0 aromatic carbocycles. The van der Waals surface area contributed by atoms with E-state index in [1.165, 1.54) is 0 Å². The van der Waals surface area contributed by atoms with Crippen LogP contribution in [0.5, 0.6) is 0 Å². The highest BCUT2D eigenvalue weighted by Gasteiger charge is 2.29. The van der Waals surface area contributed by atoms with Crippen LogP contribution in [0.2, 0.25) is 0 Å². The third kappa shape index (κ3) is 2.67. The third-order valence-corrected chi connectivity index (χ3v) is 2.62. The van der Waals surface area contributed by atoms with Gasteiger partial charge in [0.1, 0.15) is 0 Å². The van der Waals surface area contributed by atoms with E-state index in [0.717, 1.165) is 19.3 Å². The van der Waals surface area contributed by atoms with E-state index < -0.39 is 12.1 Å². The van der Waals surface area contributed by atoms with Gasteiger partial charge in [-0.2, -0.15) is 0 Å². The summed E-state index contributed by atoms with van der Waals surface area (Å²) in [7, 11) is 0. The smallest absolute Gasteiger partial charge is 0.332 e. The molecule has 0 spiro atoms. The Morgan fingerprint density at radius 2 is 2.38 bits per heavy atom. The lowest BCUT2D eigenvalue weighted by Gasteiger charge is -2.20. The highest BCUT2D eigenvalue weighted by molar-refractivity contribution is 5.71. The lowest BCUT2D eigenvalue weighted by atomic mass is 10.1. The highest BCUT2D eigenvalue weighted by Crippen LogP contribution is 2.28. The fraction of sp³-hybridized carbons (Fsp3) is 0.889. The van der Waals surface area contributed by atoms with Crippen molar-refractivity contribution in [1.29, 1.82) is 0 Å². The molecule has 0 saturated heterocycles. The number of nitrogens with two attached hydrogens (primary N) is 1. The van der Waals surface area contributed by atoms with Crippen LogP contribution in [0.25, 0.3) is 0 Å². The van der Waals surface area contributed by atoms with Gasteiger partial charge in [-0.1, -0.05) is 6.42 Å². The molecular weight excluding hydrogens is 170 g/mol. The molecule has 0 aliphatic heterocycles. The van der Waals surface area contributed by atoms with Gasteiger partial charge in [-0.15, -0.1) is 0 Å². The van der Waals surface area contributed by atoms with E-state index in [2.05, 4.69) is 0 Å². The fourth-order valence-corrected chi connectivity index (χ4v) is 1.77. The van der Waals surface area contributed by atoms with Gasteiger partial charge in [-0.3, -0.25) is 0 Å². The van der Waals surface area contributed by atoms with Gasteiger partial charge in [-0.05, 0) is 32.2 Å². The zero-order valence-corrected chi connectivity index (χ0v) is 7.90. The van der Waals surface area contributed by atoms with Crippen molar-refractivity contribution in [2.75, 3.05) is 6.54 Å². The first-order valence-electron chi connectivity index (χ1n) is 4.73. The van der Waals surface area contributed by atoms with Crippen LogP contribution in [0.4, 0.5) is 0 Å². The van der Waals surface area contributed by atoms with E-state index in [1.807, 2.05) is 0 Å². The predicted molar refractivity (Wildman–Crippen MR) is 48.4 cm³/mol. The molecule has 0 aromatic rings. The number of aliphatic carboxylic acids is 1. The van der Waals surface area contributed by atoms with Crippen molar-refractivity contribution < 1.29 is 14.6 Å². The second kappa shape index (κ2) is 4.58. The first kappa shape index (κ1) is 10.5. The van der Waals surface area contributed by atoms with Crippen LogP contribution < -0.4 is 5.73 Å². The number of carboxylic acids is 1. The second-order valence-electron chi connectivity index (χ2n) is 3.58. The summed E-state index contributed by atoms with van der Waals surface area (Å²) in [5.74, 6) is -0.551. The van der Waals surface area contributed by atoms with E-state index in [9.17, 15) is 4.79 Å². The molecule has 1 rings (SSSR count). The lowest BCUT2D eigenvalue weighted by molar-refractivity contribution is -0.153. The van der Waals surface area contributed by atoms with Crippen LogP contribution >= 0.6 is 0 Å². The minimum absolute atomic E-state index is 0.0519. The van der Waals surface area contributed by atoms with Crippen LogP contribution in [-0.4, -0.2) is 29.8 Å². The molecule has 0 heterocycles. The van der Waals surface area contributed by atoms with Gasteiger partial charge in [0.2, 0.25) is 0 Å². The molecule has 1 saturated carbocycles. The zero-order valence-electron chi connectivity index (χ0n) is 7.90. The Labute approximate surface area is 78.1 Å². The van der Waals surface area contributed by atoms with Crippen LogP contribution in [-0.2, 0) is 9.53 Å². The van der Waals surface area contributed by atoms with Crippen LogP contribution in [0.3, 0.4) is 0 Å². The zero-order chi connectivity index (χ0) is 9.84. The fourth-order valence-electron chi connectivity index (χ4n) is 1.77. The molecule has 1 aliphatic carbocycles. The van der Waals surface area contributed by atoms with Crippen molar-refractivity contribution in [3.8, 4) is 0 Å². The Kier molecular flexibility index (Phi) is 3.69. The average Bonchev–Trinajstić information content (AvgIpc) is 2.51. The van der Waals surface area contributed by atoms with E-state index in [1.54, 1.807) is 6.92 Å². The van der Waals surface area contributed by atoms with Gasteiger partial charge in [0.25, 0.3) is 0 Å². The molecule has 3 N–H and O–H groups in total. The molecule has 4 heteroatoms. The van der Waals surface area contributed by atoms with Gasteiger partial charge in [-0.25, -0.2) is 4.79 Å². The van der Waals surface area contributed by atoms with E-state index in [0.29, 0.717) is 12.5 Å². The SMILES string of the molecule is CC(OC1CCCC1CN)C(=O)O. The largest absolute Gasteiger partial charge is 0.479 e. The van der Waals surface area contributed by atoms with Gasteiger partial charge < -0.3 is 15.6 Å². The Morgan fingerprint density at radius 3 is 2.92 bits per heavy atom. The summed E-state index contributed by atoms with van der Waals surface area (Å²) in [6.07, 6.45) is 2.44. The van der Waals surface area contributed by atoms with Crippen molar-refractivity contribution in [2.24, 2.45) is 11.7 Å². The van der Waals surface area contributed by atoms with Gasteiger partial charge >= 0.3 is 5.97 Å². The lowest BCUT2D eigenvalue weighted by Crippen LogP contribution is -2.31. The normalized spacial score (nSPS) is 30.3. The third-order valence-electron chi connectivity index (χ3n) is 2.62. The quantitative estimate of drug-likeness (QED) is 0.676. The molecular formula is C9H17NO3. The second-order valence-corrected chi connectivity index (χ2v) is 3.58. The Morgan fingerprint density at radius 1 is 1.69 bits per heavy atom. The summed E-state index contributed by atoms with van der Waals surface area (Å²) in [5.41, 5.74) is 5.55. The summed E-state index contributed by atoms with van der Waals surface area (Å²) in [6.45, 7) is 2.16.